The van der Waals surface area contributed by atoms with Gasteiger partial charge in [0.1, 0.15) is 6.61 Å². The molecule has 282 valence electrons. The molecular weight excluding hydrogens is 663 g/mol. The maximum absolute atomic E-state index is 12.3. The van der Waals surface area contributed by atoms with E-state index < -0.39 is 32.5 Å². The van der Waals surface area contributed by atoms with E-state index in [4.69, 9.17) is 19.3 Å². The van der Waals surface area contributed by atoms with Crippen molar-refractivity contribution in [3.05, 3.63) is 134 Å². The summed E-state index contributed by atoms with van der Waals surface area (Å²) in [6.45, 7) is 3.27. The van der Waals surface area contributed by atoms with Crippen LogP contribution >= 0.6 is 7.82 Å². The van der Waals surface area contributed by atoms with Gasteiger partial charge in [-0.3, -0.25) is 14.1 Å². The number of ether oxygens (including phenoxy) is 2. The zero-order chi connectivity index (χ0) is 37.5. The highest BCUT2D eigenvalue weighted by atomic mass is 31.2. The quantitative estimate of drug-likeness (QED) is 0.0247. The normalized spacial score (nSPS) is 14.0. The van der Waals surface area contributed by atoms with Crippen molar-refractivity contribution in [1.29, 1.82) is 0 Å². The molecule has 0 radical (unpaired) electrons. The molecule has 0 rings (SSSR count). The summed E-state index contributed by atoms with van der Waals surface area (Å²) >= 11 is 0. The molecule has 8 nitrogen and oxygen atoms in total. The van der Waals surface area contributed by atoms with Crippen LogP contribution < -0.4 is 0 Å². The van der Waals surface area contributed by atoms with Crippen molar-refractivity contribution < 1.29 is 37.9 Å². The van der Waals surface area contributed by atoms with Crippen molar-refractivity contribution in [2.45, 2.75) is 103 Å². The number of phosphoric acid groups is 1. The standard InChI is InChI=1S/C42H61O8P/c1-3-5-7-9-11-13-15-17-18-19-20-21-22-23-25-26-28-30-32-34-36-41(43)48-38-40(39-49-51(45,46)47)50-42(44)37-35-33-31-29-27-24-16-14-12-10-8-6-4-2/h5-8,10-14,16-18,20-21,23-25,27-31,40H,3-4,9,15,19,22,26,32-39H2,1-2H3,(H2,45,46,47)/b7-5+,8-6+,12-10+,13-11+,16-14+,18-17+,21-20+,25-23+,27-24+,30-28+,31-29+. The van der Waals surface area contributed by atoms with Crippen molar-refractivity contribution in [2.24, 2.45) is 0 Å². The third kappa shape index (κ3) is 38.8. The van der Waals surface area contributed by atoms with Crippen LogP contribution in [-0.2, 0) is 28.2 Å². The number of esters is 2. The van der Waals surface area contributed by atoms with Crippen LogP contribution in [0, 0.1) is 0 Å². The van der Waals surface area contributed by atoms with Crippen LogP contribution in [0.25, 0.3) is 0 Å². The van der Waals surface area contributed by atoms with Crippen molar-refractivity contribution in [2.75, 3.05) is 13.2 Å². The van der Waals surface area contributed by atoms with Gasteiger partial charge in [-0.1, -0.05) is 148 Å². The third-order valence-corrected chi connectivity index (χ3v) is 7.03. The highest BCUT2D eigenvalue weighted by molar-refractivity contribution is 7.46. The minimum Gasteiger partial charge on any atom is -0.462 e. The van der Waals surface area contributed by atoms with Gasteiger partial charge in [0.05, 0.1) is 6.61 Å². The number of carbonyl (C=O) groups is 2. The predicted molar refractivity (Wildman–Crippen MR) is 211 cm³/mol. The lowest BCUT2D eigenvalue weighted by Crippen LogP contribution is -2.29. The topological polar surface area (TPSA) is 119 Å². The Kier molecular flexibility index (Phi) is 33.3. The average molecular weight is 725 g/mol. The Balaban J connectivity index is 4.23. The fourth-order valence-electron chi connectivity index (χ4n) is 3.94. The van der Waals surface area contributed by atoms with Gasteiger partial charge in [-0.2, -0.15) is 0 Å². The molecule has 0 aromatic heterocycles. The smallest absolute Gasteiger partial charge is 0.462 e. The Labute approximate surface area is 307 Å². The zero-order valence-electron chi connectivity index (χ0n) is 30.7. The fourth-order valence-corrected chi connectivity index (χ4v) is 4.30. The first kappa shape index (κ1) is 47.2. The maximum Gasteiger partial charge on any atom is 0.469 e. The Morgan fingerprint density at radius 2 is 0.941 bits per heavy atom. The molecule has 0 saturated heterocycles. The Hall–Kier alpha value is -3.81. The highest BCUT2D eigenvalue weighted by Gasteiger charge is 2.22. The van der Waals surface area contributed by atoms with Gasteiger partial charge in [-0.15, -0.1) is 0 Å². The monoisotopic (exact) mass is 724 g/mol. The molecule has 1 atom stereocenters. The molecule has 0 aromatic carbocycles. The van der Waals surface area contributed by atoms with Crippen molar-refractivity contribution in [1.82, 2.24) is 0 Å². The Bertz CT molecular complexity index is 1270. The van der Waals surface area contributed by atoms with Crippen LogP contribution in [0.2, 0.25) is 0 Å². The number of allylic oxidation sites excluding steroid dienone is 22. The number of unbranched alkanes of at least 4 members (excludes halogenated alkanes) is 2. The number of carbonyl (C=O) groups excluding carboxylic acids is 2. The first-order valence-electron chi connectivity index (χ1n) is 18.0. The molecule has 0 aromatic rings. The zero-order valence-corrected chi connectivity index (χ0v) is 31.6. The van der Waals surface area contributed by atoms with E-state index in [2.05, 4.69) is 85.2 Å². The van der Waals surface area contributed by atoms with E-state index in [-0.39, 0.29) is 19.4 Å². The number of hydrogen-bond acceptors (Lipinski definition) is 6. The molecule has 0 saturated carbocycles. The second-order valence-corrected chi connectivity index (χ2v) is 12.4. The van der Waals surface area contributed by atoms with Crippen LogP contribution in [0.4, 0.5) is 0 Å². The summed E-state index contributed by atoms with van der Waals surface area (Å²) in [6, 6.07) is 0. The summed E-state index contributed by atoms with van der Waals surface area (Å²) in [4.78, 5) is 42.6. The van der Waals surface area contributed by atoms with Crippen molar-refractivity contribution in [3.63, 3.8) is 0 Å². The van der Waals surface area contributed by atoms with E-state index in [9.17, 15) is 14.2 Å². The van der Waals surface area contributed by atoms with Gasteiger partial charge in [-0.25, -0.2) is 4.57 Å². The molecule has 9 heteroatoms. The van der Waals surface area contributed by atoms with Gasteiger partial charge < -0.3 is 19.3 Å². The summed E-state index contributed by atoms with van der Waals surface area (Å²) in [5.41, 5.74) is 0. The molecule has 0 aliphatic rings. The van der Waals surface area contributed by atoms with E-state index in [0.717, 1.165) is 44.9 Å². The van der Waals surface area contributed by atoms with Crippen molar-refractivity contribution in [3.8, 4) is 0 Å². The first-order valence-corrected chi connectivity index (χ1v) is 19.6. The van der Waals surface area contributed by atoms with Crippen LogP contribution in [0.15, 0.2) is 134 Å². The van der Waals surface area contributed by atoms with Gasteiger partial charge in [0.15, 0.2) is 6.10 Å². The SMILES string of the molecule is CC/C=C/C=C/C=C/C=C/C=C/CCCC(=O)OC(COC(=O)CCC/C=C/C/C=C/C/C=C/C/C=C/C/C=C/C/C=C/CC)COP(=O)(O)O. The number of hydrogen-bond donors (Lipinski definition) is 2. The number of phosphoric ester groups is 1. The van der Waals surface area contributed by atoms with E-state index in [0.29, 0.717) is 25.7 Å². The van der Waals surface area contributed by atoms with E-state index >= 15 is 0 Å². The molecule has 51 heavy (non-hydrogen) atoms. The summed E-state index contributed by atoms with van der Waals surface area (Å²) < 4.78 is 26.1. The van der Waals surface area contributed by atoms with Gasteiger partial charge >= 0.3 is 19.8 Å². The molecule has 2 N–H and O–H groups in total. The fraction of sp³-hybridized carbons (Fsp3) is 0.429. The van der Waals surface area contributed by atoms with Gasteiger partial charge in [0.2, 0.25) is 0 Å². The van der Waals surface area contributed by atoms with E-state index in [1.807, 2.05) is 66.8 Å². The first-order chi connectivity index (χ1) is 24.8. The summed E-state index contributed by atoms with van der Waals surface area (Å²) in [5.74, 6) is -1.06. The lowest BCUT2D eigenvalue weighted by Gasteiger charge is -2.18. The van der Waals surface area contributed by atoms with Crippen molar-refractivity contribution >= 4 is 19.8 Å². The molecule has 0 spiro atoms. The molecule has 0 heterocycles. The van der Waals surface area contributed by atoms with Crippen LogP contribution in [0.5, 0.6) is 0 Å². The second-order valence-electron chi connectivity index (χ2n) is 11.2. The van der Waals surface area contributed by atoms with E-state index in [1.54, 1.807) is 0 Å². The van der Waals surface area contributed by atoms with Crippen LogP contribution in [0.1, 0.15) is 97.3 Å². The number of rotatable bonds is 30. The molecule has 0 aliphatic carbocycles. The highest BCUT2D eigenvalue weighted by Crippen LogP contribution is 2.35. The molecule has 0 bridgehead atoms. The predicted octanol–water partition coefficient (Wildman–Crippen LogP) is 10.8. The van der Waals surface area contributed by atoms with Crippen LogP contribution in [0.3, 0.4) is 0 Å². The van der Waals surface area contributed by atoms with Gasteiger partial charge in [0, 0.05) is 12.8 Å². The summed E-state index contributed by atoms with van der Waals surface area (Å²) in [6.07, 6.45) is 53.3. The second kappa shape index (κ2) is 36.0. The Morgan fingerprint density at radius 1 is 0.529 bits per heavy atom. The summed E-state index contributed by atoms with van der Waals surface area (Å²) in [5, 5.41) is 0. The molecular formula is C42H61O8P. The Morgan fingerprint density at radius 3 is 1.43 bits per heavy atom. The van der Waals surface area contributed by atoms with E-state index in [1.165, 1.54) is 0 Å². The largest absolute Gasteiger partial charge is 0.469 e. The lowest BCUT2D eigenvalue weighted by molar-refractivity contribution is -0.161. The third-order valence-electron chi connectivity index (χ3n) is 6.54. The minimum absolute atomic E-state index is 0.0936. The van der Waals surface area contributed by atoms with Gasteiger partial charge in [0.25, 0.3) is 0 Å². The average Bonchev–Trinajstić information content (AvgIpc) is 3.10. The van der Waals surface area contributed by atoms with Gasteiger partial charge in [-0.05, 0) is 70.6 Å². The van der Waals surface area contributed by atoms with Crippen LogP contribution in [-0.4, -0.2) is 41.0 Å². The molecule has 0 fully saturated rings. The maximum atomic E-state index is 12.3. The molecule has 0 aliphatic heterocycles. The molecule has 1 unspecified atom stereocenters. The molecule has 0 amide bonds. The minimum atomic E-state index is -4.79. The summed E-state index contributed by atoms with van der Waals surface area (Å²) in [7, 11) is -4.79. The lowest BCUT2D eigenvalue weighted by atomic mass is 10.2.